The van der Waals surface area contributed by atoms with Crippen LogP contribution >= 0.6 is 0 Å². The van der Waals surface area contributed by atoms with E-state index in [0.717, 1.165) is 36.3 Å². The van der Waals surface area contributed by atoms with Gasteiger partial charge in [0, 0.05) is 30.8 Å². The van der Waals surface area contributed by atoms with Crippen molar-refractivity contribution in [2.45, 2.75) is 31.7 Å². The molecule has 1 fully saturated rings. The van der Waals surface area contributed by atoms with E-state index in [0.29, 0.717) is 30.3 Å². The van der Waals surface area contributed by atoms with Gasteiger partial charge in [0.15, 0.2) is 0 Å². The summed E-state index contributed by atoms with van der Waals surface area (Å²) in [7, 11) is 3.21. The van der Waals surface area contributed by atoms with E-state index in [9.17, 15) is 4.79 Å². The Balaban J connectivity index is 1.53. The van der Waals surface area contributed by atoms with Gasteiger partial charge >= 0.3 is 0 Å². The molecule has 30 heavy (non-hydrogen) atoms. The first-order valence-electron chi connectivity index (χ1n) is 10.1. The molecule has 1 aromatic carbocycles. The molecule has 0 unspecified atom stereocenters. The monoisotopic (exact) mass is 407 g/mol. The Morgan fingerprint density at radius 2 is 1.97 bits per heavy atom. The minimum absolute atomic E-state index is 0.0701. The van der Waals surface area contributed by atoms with Crippen LogP contribution in [0.4, 0.5) is 0 Å². The molecule has 0 N–H and O–H groups in total. The number of nitrogens with zero attached hydrogens (tertiary/aromatic N) is 3. The highest BCUT2D eigenvalue weighted by atomic mass is 16.5. The number of pyridine rings is 1. The molecular weight excluding hydrogens is 382 g/mol. The fraction of sp³-hybridized carbons (Fsp3) is 0.348. The van der Waals surface area contributed by atoms with Gasteiger partial charge in [-0.1, -0.05) is 18.2 Å². The number of para-hydroxylation sites is 1. The zero-order valence-corrected chi connectivity index (χ0v) is 17.2. The van der Waals surface area contributed by atoms with Gasteiger partial charge in [-0.2, -0.15) is 0 Å². The maximum atomic E-state index is 13.1. The van der Waals surface area contributed by atoms with Crippen LogP contribution in [0.1, 0.15) is 52.9 Å². The Morgan fingerprint density at radius 3 is 2.73 bits per heavy atom. The van der Waals surface area contributed by atoms with Crippen molar-refractivity contribution in [3.8, 4) is 11.6 Å². The fourth-order valence-corrected chi connectivity index (χ4v) is 3.82. The SMILES string of the molecule is COc1ccc(C(=O)N2CCCC[C@H]2c2ncc(Cc3ccccc3OC)o2)cn1. The number of hydrogen-bond acceptors (Lipinski definition) is 6. The Labute approximate surface area is 175 Å². The van der Waals surface area contributed by atoms with Gasteiger partial charge in [0.1, 0.15) is 17.6 Å². The molecule has 156 valence electrons. The molecule has 2 aromatic heterocycles. The third-order valence-electron chi connectivity index (χ3n) is 5.37. The summed E-state index contributed by atoms with van der Waals surface area (Å²) < 4.78 is 16.6. The number of oxazole rings is 1. The van der Waals surface area contributed by atoms with Crippen molar-refractivity contribution >= 4 is 5.91 Å². The number of hydrogen-bond donors (Lipinski definition) is 0. The smallest absolute Gasteiger partial charge is 0.256 e. The van der Waals surface area contributed by atoms with E-state index in [1.807, 2.05) is 29.2 Å². The summed E-state index contributed by atoms with van der Waals surface area (Å²) in [5.41, 5.74) is 1.56. The van der Waals surface area contributed by atoms with Crippen molar-refractivity contribution in [3.05, 3.63) is 71.6 Å². The van der Waals surface area contributed by atoms with Crippen LogP contribution in [0.5, 0.6) is 11.6 Å². The second-order valence-corrected chi connectivity index (χ2v) is 7.25. The summed E-state index contributed by atoms with van der Waals surface area (Å²) >= 11 is 0. The molecule has 7 nitrogen and oxygen atoms in total. The van der Waals surface area contributed by atoms with Gasteiger partial charge in [-0.25, -0.2) is 9.97 Å². The van der Waals surface area contributed by atoms with Crippen LogP contribution in [0.3, 0.4) is 0 Å². The van der Waals surface area contributed by atoms with Gasteiger partial charge in [-0.05, 0) is 31.4 Å². The van der Waals surface area contributed by atoms with Crippen LogP contribution in [-0.2, 0) is 6.42 Å². The topological polar surface area (TPSA) is 77.7 Å². The summed E-state index contributed by atoms with van der Waals surface area (Å²) in [6.45, 7) is 0.666. The Bertz CT molecular complexity index is 1000. The number of carbonyl (C=O) groups excluding carboxylic acids is 1. The fourth-order valence-electron chi connectivity index (χ4n) is 3.82. The van der Waals surface area contributed by atoms with Crippen LogP contribution in [0.2, 0.25) is 0 Å². The van der Waals surface area contributed by atoms with Gasteiger partial charge < -0.3 is 18.8 Å². The zero-order chi connectivity index (χ0) is 20.9. The molecule has 1 aliphatic heterocycles. The number of amides is 1. The first-order valence-corrected chi connectivity index (χ1v) is 10.1. The molecule has 1 atom stereocenters. The summed E-state index contributed by atoms with van der Waals surface area (Å²) in [6, 6.07) is 11.1. The average Bonchev–Trinajstić information content (AvgIpc) is 3.27. The number of rotatable bonds is 6. The maximum Gasteiger partial charge on any atom is 0.256 e. The molecule has 0 radical (unpaired) electrons. The molecule has 0 spiro atoms. The summed E-state index contributed by atoms with van der Waals surface area (Å²) in [5.74, 6) is 2.56. The van der Waals surface area contributed by atoms with E-state index in [4.69, 9.17) is 13.9 Å². The molecule has 1 amide bonds. The summed E-state index contributed by atoms with van der Waals surface area (Å²) in [6.07, 6.45) is 6.69. The van der Waals surface area contributed by atoms with E-state index >= 15 is 0 Å². The molecule has 3 heterocycles. The number of aromatic nitrogens is 2. The third-order valence-corrected chi connectivity index (χ3v) is 5.37. The third kappa shape index (κ3) is 4.15. The summed E-state index contributed by atoms with van der Waals surface area (Å²) in [4.78, 5) is 23.6. The van der Waals surface area contributed by atoms with Crippen molar-refractivity contribution < 1.29 is 18.7 Å². The quantitative estimate of drug-likeness (QED) is 0.614. The number of likely N-dealkylation sites (tertiary alicyclic amines) is 1. The Hall–Kier alpha value is -3.35. The molecular formula is C23H25N3O4. The standard InChI is InChI=1S/C23H25N3O4/c1-28-20-9-4-3-7-16(20)13-18-15-25-22(30-18)19-8-5-6-12-26(19)23(27)17-10-11-21(29-2)24-14-17/h3-4,7,9-11,14-15,19H,5-6,8,12-13H2,1-2H3/t19-/m0/s1. The number of carbonyl (C=O) groups is 1. The largest absolute Gasteiger partial charge is 0.496 e. The van der Waals surface area contributed by atoms with Gasteiger partial charge in [0.05, 0.1) is 26.0 Å². The van der Waals surface area contributed by atoms with Crippen molar-refractivity contribution in [2.24, 2.45) is 0 Å². The highest BCUT2D eigenvalue weighted by Crippen LogP contribution is 2.32. The molecule has 0 saturated carbocycles. The van der Waals surface area contributed by atoms with Crippen molar-refractivity contribution in [3.63, 3.8) is 0 Å². The van der Waals surface area contributed by atoms with E-state index < -0.39 is 0 Å². The number of ether oxygens (including phenoxy) is 2. The zero-order valence-electron chi connectivity index (χ0n) is 17.2. The maximum absolute atomic E-state index is 13.1. The van der Waals surface area contributed by atoms with Gasteiger partial charge in [-0.3, -0.25) is 4.79 Å². The number of methoxy groups -OCH3 is 2. The van der Waals surface area contributed by atoms with Crippen LogP contribution in [0.15, 0.2) is 53.2 Å². The average molecular weight is 407 g/mol. The van der Waals surface area contributed by atoms with Crippen molar-refractivity contribution in [1.82, 2.24) is 14.9 Å². The van der Waals surface area contributed by atoms with Crippen molar-refractivity contribution in [1.29, 1.82) is 0 Å². The lowest BCUT2D eigenvalue weighted by Crippen LogP contribution is -2.38. The molecule has 7 heteroatoms. The van der Waals surface area contributed by atoms with E-state index in [1.54, 1.807) is 38.7 Å². The summed E-state index contributed by atoms with van der Waals surface area (Å²) in [5, 5.41) is 0. The van der Waals surface area contributed by atoms with Gasteiger partial charge in [0.25, 0.3) is 5.91 Å². The lowest BCUT2D eigenvalue weighted by atomic mass is 10.0. The first-order chi connectivity index (χ1) is 14.7. The van der Waals surface area contributed by atoms with Crippen LogP contribution in [0.25, 0.3) is 0 Å². The van der Waals surface area contributed by atoms with E-state index in [1.165, 1.54) is 0 Å². The molecule has 3 aromatic rings. The van der Waals surface area contributed by atoms with Gasteiger partial charge in [0.2, 0.25) is 11.8 Å². The van der Waals surface area contributed by atoms with E-state index in [-0.39, 0.29) is 11.9 Å². The highest BCUT2D eigenvalue weighted by molar-refractivity contribution is 5.94. The number of benzene rings is 1. The van der Waals surface area contributed by atoms with Crippen LogP contribution in [0, 0.1) is 0 Å². The predicted octanol–water partition coefficient (Wildman–Crippen LogP) is 4.05. The number of piperidine rings is 1. The lowest BCUT2D eigenvalue weighted by Gasteiger charge is -2.33. The Kier molecular flexibility index (Phi) is 5.97. The van der Waals surface area contributed by atoms with E-state index in [2.05, 4.69) is 9.97 Å². The predicted molar refractivity (Wildman–Crippen MR) is 111 cm³/mol. The first kappa shape index (κ1) is 19.9. The second kappa shape index (κ2) is 8.98. The minimum Gasteiger partial charge on any atom is -0.496 e. The van der Waals surface area contributed by atoms with Gasteiger partial charge in [-0.15, -0.1) is 0 Å². The molecule has 0 bridgehead atoms. The highest BCUT2D eigenvalue weighted by Gasteiger charge is 2.32. The molecule has 1 saturated heterocycles. The van der Waals surface area contributed by atoms with Crippen LogP contribution in [-0.4, -0.2) is 41.5 Å². The van der Waals surface area contributed by atoms with Crippen LogP contribution < -0.4 is 9.47 Å². The Morgan fingerprint density at radius 1 is 1.10 bits per heavy atom. The molecule has 0 aliphatic carbocycles. The minimum atomic E-state index is -0.181. The normalized spacial score (nSPS) is 16.3. The second-order valence-electron chi connectivity index (χ2n) is 7.25. The lowest BCUT2D eigenvalue weighted by molar-refractivity contribution is 0.0569. The molecule has 4 rings (SSSR count). The van der Waals surface area contributed by atoms with Crippen molar-refractivity contribution in [2.75, 3.05) is 20.8 Å². The molecule has 1 aliphatic rings.